The van der Waals surface area contributed by atoms with Crippen LogP contribution in [0.15, 0.2) is 84.9 Å². The Hall–Kier alpha value is -2.53. The Morgan fingerprint density at radius 1 is 0.875 bits per heavy atom. The number of aliphatic hydroxyl groups excluding tert-OH is 1. The lowest BCUT2D eigenvalue weighted by Gasteiger charge is -2.46. The summed E-state index contributed by atoms with van der Waals surface area (Å²) in [6, 6.07) is 28.6. The third-order valence-corrected chi connectivity index (χ3v) is 11.9. The van der Waals surface area contributed by atoms with Gasteiger partial charge >= 0.3 is 0 Å². The van der Waals surface area contributed by atoms with Crippen molar-refractivity contribution in [3.63, 3.8) is 0 Å². The number of aryl methyl sites for hydroxylation is 1. The summed E-state index contributed by atoms with van der Waals surface area (Å²) in [4.78, 5) is 13.6. The molecule has 1 N–H and O–H groups in total. The zero-order valence-electron chi connectivity index (χ0n) is 19.2. The maximum Gasteiger partial charge on any atom is 0.261 e. The lowest BCUT2D eigenvalue weighted by atomic mass is 9.71. The first-order chi connectivity index (χ1) is 15.3. The number of fused-ring (bicyclic) bond motifs is 1. The first kappa shape index (κ1) is 22.7. The topological polar surface area (TPSA) is 46.5 Å². The summed E-state index contributed by atoms with van der Waals surface area (Å²) in [6.45, 7) is 6.68. The van der Waals surface area contributed by atoms with Gasteiger partial charge in [-0.2, -0.15) is 0 Å². The molecule has 0 bridgehead atoms. The van der Waals surface area contributed by atoms with Crippen LogP contribution in [0.2, 0.25) is 5.04 Å². The van der Waals surface area contributed by atoms with Crippen LogP contribution >= 0.6 is 0 Å². The molecule has 0 saturated carbocycles. The molecule has 4 heteroatoms. The van der Waals surface area contributed by atoms with E-state index < -0.39 is 13.7 Å². The van der Waals surface area contributed by atoms with Gasteiger partial charge in [-0.05, 0) is 33.8 Å². The molecular weight excluding hydrogens is 412 g/mol. The number of carbonyl (C=O) groups excluding carboxylic acids is 1. The largest absolute Gasteiger partial charge is 0.406 e. The summed E-state index contributed by atoms with van der Waals surface area (Å²) in [5.41, 5.74) is 0.868. The van der Waals surface area contributed by atoms with Gasteiger partial charge in [-0.1, -0.05) is 106 Å². The van der Waals surface area contributed by atoms with Crippen molar-refractivity contribution in [2.75, 3.05) is 13.2 Å². The molecular formula is C28H32O3Si. The SMILES string of the molecule is CC(C)(C)[Si](OC[C@]1(CO)CCc2ccccc2C1=O)(c1ccccc1)c1ccccc1. The highest BCUT2D eigenvalue weighted by Gasteiger charge is 2.52. The van der Waals surface area contributed by atoms with Gasteiger partial charge in [0, 0.05) is 12.2 Å². The number of carbonyl (C=O) groups is 1. The maximum absolute atomic E-state index is 13.6. The molecule has 1 aliphatic carbocycles. The lowest BCUT2D eigenvalue weighted by Crippen LogP contribution is -2.67. The molecule has 0 aromatic heterocycles. The number of Topliss-reactive ketones (excluding diaryl/α,β-unsaturated/α-hetero) is 1. The minimum Gasteiger partial charge on any atom is -0.406 e. The van der Waals surface area contributed by atoms with E-state index in [9.17, 15) is 9.90 Å². The van der Waals surface area contributed by atoms with Gasteiger partial charge in [0.25, 0.3) is 8.32 Å². The van der Waals surface area contributed by atoms with Crippen molar-refractivity contribution in [3.8, 4) is 0 Å². The molecule has 0 spiro atoms. The molecule has 0 heterocycles. The minimum absolute atomic E-state index is 0.000201. The number of aliphatic hydroxyl groups is 1. The molecule has 32 heavy (non-hydrogen) atoms. The lowest BCUT2D eigenvalue weighted by molar-refractivity contribution is 0.0378. The molecule has 3 aromatic carbocycles. The predicted molar refractivity (Wildman–Crippen MR) is 132 cm³/mol. The number of benzene rings is 3. The van der Waals surface area contributed by atoms with Crippen LogP contribution in [0.25, 0.3) is 0 Å². The Bertz CT molecular complexity index is 1030. The number of hydrogen-bond donors (Lipinski definition) is 1. The molecule has 1 aliphatic rings. The smallest absolute Gasteiger partial charge is 0.261 e. The van der Waals surface area contributed by atoms with Crippen LogP contribution in [0.1, 0.15) is 43.1 Å². The fourth-order valence-electron chi connectivity index (χ4n) is 5.08. The monoisotopic (exact) mass is 444 g/mol. The maximum atomic E-state index is 13.6. The van der Waals surface area contributed by atoms with Gasteiger partial charge in [-0.15, -0.1) is 0 Å². The second-order valence-corrected chi connectivity index (χ2v) is 14.2. The summed E-state index contributed by atoms with van der Waals surface area (Å²) in [5, 5.41) is 12.7. The van der Waals surface area contributed by atoms with Crippen LogP contribution in [0, 0.1) is 5.41 Å². The Morgan fingerprint density at radius 3 is 1.94 bits per heavy atom. The Kier molecular flexibility index (Phi) is 6.21. The summed E-state index contributed by atoms with van der Waals surface area (Å²) in [6.07, 6.45) is 1.37. The standard InChI is InChI=1S/C28H32O3Si/c1-27(2,3)32(23-13-6-4-7-14-23,24-15-8-5-9-16-24)31-21-28(20-29)19-18-22-12-10-11-17-25(22)26(28)30/h4-17,29H,18-21H2,1-3H3/t28-/m1/s1. The Labute approximate surface area is 192 Å². The molecule has 1 atom stereocenters. The summed E-state index contributed by atoms with van der Waals surface area (Å²) in [5.74, 6) is -0.000201. The van der Waals surface area contributed by atoms with E-state index in [0.29, 0.717) is 6.42 Å². The number of rotatable bonds is 6. The first-order valence-electron chi connectivity index (χ1n) is 11.3. The van der Waals surface area contributed by atoms with E-state index in [2.05, 4.69) is 69.3 Å². The zero-order chi connectivity index (χ0) is 22.8. The van der Waals surface area contributed by atoms with E-state index in [4.69, 9.17) is 4.43 Å². The van der Waals surface area contributed by atoms with E-state index in [-0.39, 0.29) is 24.0 Å². The van der Waals surface area contributed by atoms with Gasteiger partial charge in [0.15, 0.2) is 5.78 Å². The van der Waals surface area contributed by atoms with Crippen LogP contribution in [-0.4, -0.2) is 32.4 Å². The van der Waals surface area contributed by atoms with Gasteiger partial charge in [0.1, 0.15) is 0 Å². The normalized spacial score (nSPS) is 18.9. The summed E-state index contributed by atoms with van der Waals surface area (Å²) >= 11 is 0. The van der Waals surface area contributed by atoms with E-state index in [1.165, 1.54) is 10.4 Å². The molecule has 0 fully saturated rings. The Morgan fingerprint density at radius 2 is 1.41 bits per heavy atom. The highest BCUT2D eigenvalue weighted by atomic mass is 28.4. The van der Waals surface area contributed by atoms with Gasteiger partial charge in [0.2, 0.25) is 0 Å². The van der Waals surface area contributed by atoms with Crippen molar-refractivity contribution < 1.29 is 14.3 Å². The average molecular weight is 445 g/mol. The van der Waals surface area contributed by atoms with Crippen LogP contribution < -0.4 is 10.4 Å². The van der Waals surface area contributed by atoms with Gasteiger partial charge in [0.05, 0.1) is 12.0 Å². The molecule has 3 aromatic rings. The molecule has 0 aliphatic heterocycles. The van der Waals surface area contributed by atoms with Gasteiger partial charge < -0.3 is 9.53 Å². The van der Waals surface area contributed by atoms with E-state index >= 15 is 0 Å². The number of ketones is 1. The summed E-state index contributed by atoms with van der Waals surface area (Å²) in [7, 11) is -2.78. The molecule has 0 radical (unpaired) electrons. The minimum atomic E-state index is -2.78. The Balaban J connectivity index is 1.80. The fourth-order valence-corrected chi connectivity index (χ4v) is 9.72. The highest BCUT2D eigenvalue weighted by Crippen LogP contribution is 2.41. The number of hydrogen-bond acceptors (Lipinski definition) is 3. The fraction of sp³-hybridized carbons (Fsp3) is 0.321. The van der Waals surface area contributed by atoms with E-state index in [0.717, 1.165) is 17.5 Å². The third-order valence-electron chi connectivity index (χ3n) is 6.90. The second kappa shape index (κ2) is 8.78. The zero-order valence-corrected chi connectivity index (χ0v) is 20.2. The van der Waals surface area contributed by atoms with Crippen molar-refractivity contribution in [2.24, 2.45) is 5.41 Å². The summed E-state index contributed by atoms with van der Waals surface area (Å²) < 4.78 is 7.04. The van der Waals surface area contributed by atoms with E-state index in [1.54, 1.807) is 0 Å². The molecule has 0 unspecified atom stereocenters. The third kappa shape index (κ3) is 3.77. The van der Waals surface area contributed by atoms with Gasteiger partial charge in [-0.3, -0.25) is 4.79 Å². The average Bonchev–Trinajstić information content (AvgIpc) is 2.82. The van der Waals surface area contributed by atoms with E-state index in [1.807, 2.05) is 36.4 Å². The highest BCUT2D eigenvalue weighted by molar-refractivity contribution is 6.99. The molecule has 4 rings (SSSR count). The van der Waals surface area contributed by atoms with Crippen molar-refractivity contribution in [2.45, 2.75) is 38.7 Å². The first-order valence-corrected chi connectivity index (χ1v) is 13.2. The van der Waals surface area contributed by atoms with Crippen LogP contribution in [-0.2, 0) is 10.8 Å². The van der Waals surface area contributed by atoms with Crippen molar-refractivity contribution in [1.29, 1.82) is 0 Å². The van der Waals surface area contributed by atoms with Crippen molar-refractivity contribution in [3.05, 3.63) is 96.1 Å². The second-order valence-electron chi connectivity index (χ2n) is 9.88. The molecule has 166 valence electrons. The van der Waals surface area contributed by atoms with Crippen LogP contribution in [0.5, 0.6) is 0 Å². The van der Waals surface area contributed by atoms with Crippen LogP contribution in [0.4, 0.5) is 0 Å². The van der Waals surface area contributed by atoms with Crippen molar-refractivity contribution >= 4 is 24.5 Å². The predicted octanol–water partition coefficient (Wildman–Crippen LogP) is 4.37. The molecule has 3 nitrogen and oxygen atoms in total. The quantitative estimate of drug-likeness (QED) is 0.574. The molecule has 0 amide bonds. The van der Waals surface area contributed by atoms with Crippen LogP contribution in [0.3, 0.4) is 0 Å². The van der Waals surface area contributed by atoms with Crippen molar-refractivity contribution in [1.82, 2.24) is 0 Å². The molecule has 0 saturated heterocycles. The van der Waals surface area contributed by atoms with Gasteiger partial charge in [-0.25, -0.2) is 0 Å².